The number of fused-ring (bicyclic) bond motifs is 1. The van der Waals surface area contributed by atoms with Crippen LogP contribution in [0.5, 0.6) is 0 Å². The molecule has 10 heteroatoms. The summed E-state index contributed by atoms with van der Waals surface area (Å²) in [6, 6.07) is 7.12. The summed E-state index contributed by atoms with van der Waals surface area (Å²) in [7, 11) is -3.97. The summed E-state index contributed by atoms with van der Waals surface area (Å²) in [6.07, 6.45) is -0.434. The molecule has 0 unspecified atom stereocenters. The topological polar surface area (TPSA) is 129 Å². The van der Waals surface area contributed by atoms with Crippen molar-refractivity contribution in [3.63, 3.8) is 0 Å². The molecule has 0 atom stereocenters. The minimum Gasteiger partial charge on any atom is -0.449 e. The summed E-state index contributed by atoms with van der Waals surface area (Å²) in [5.41, 5.74) is -0.611. The van der Waals surface area contributed by atoms with E-state index in [9.17, 15) is 18.0 Å². The molecule has 1 aromatic carbocycles. The van der Waals surface area contributed by atoms with E-state index in [1.54, 1.807) is 26.8 Å². The Labute approximate surface area is 169 Å². The second-order valence-corrected chi connectivity index (χ2v) is 8.85. The van der Waals surface area contributed by atoms with Gasteiger partial charge < -0.3 is 9.47 Å². The van der Waals surface area contributed by atoms with Crippen LogP contribution in [0.3, 0.4) is 0 Å². The lowest BCUT2D eigenvalue weighted by Crippen LogP contribution is -2.42. The third-order valence-electron chi connectivity index (χ3n) is 3.69. The average Bonchev–Trinajstić information content (AvgIpc) is 2.59. The monoisotopic (exact) mass is 423 g/mol. The lowest BCUT2D eigenvalue weighted by atomic mass is 10.2. The number of hydrogen-bond acceptors (Lipinski definition) is 7. The van der Waals surface area contributed by atoms with Crippen molar-refractivity contribution in [2.45, 2.75) is 51.0 Å². The molecule has 0 aliphatic carbocycles. The van der Waals surface area contributed by atoms with Crippen molar-refractivity contribution in [1.82, 2.24) is 4.98 Å². The second kappa shape index (κ2) is 8.75. The van der Waals surface area contributed by atoms with Crippen molar-refractivity contribution in [3.05, 3.63) is 30.3 Å². The first-order valence-corrected chi connectivity index (χ1v) is 10.6. The Morgan fingerprint density at radius 3 is 2.41 bits per heavy atom. The van der Waals surface area contributed by atoms with Gasteiger partial charge in [-0.05, 0) is 51.5 Å². The van der Waals surface area contributed by atoms with Gasteiger partial charge in [-0.15, -0.1) is 0 Å². The Balaban J connectivity index is 2.50. The lowest BCUT2D eigenvalue weighted by Gasteiger charge is -2.25. The number of unbranched alkanes of at least 4 members (excludes halogenated alkanes) is 1. The molecule has 29 heavy (non-hydrogen) atoms. The highest BCUT2D eigenvalue weighted by Gasteiger charge is 2.31. The van der Waals surface area contributed by atoms with Gasteiger partial charge in [-0.25, -0.2) is 28.1 Å². The van der Waals surface area contributed by atoms with Crippen molar-refractivity contribution in [2.75, 3.05) is 11.5 Å². The first kappa shape index (κ1) is 22.6. The molecule has 0 saturated carbocycles. The fraction of sp³-hybridized carbons (Fsp3) is 0.421. The third kappa shape index (κ3) is 5.88. The van der Waals surface area contributed by atoms with Crippen LogP contribution < -0.4 is 10.0 Å². The second-order valence-electron chi connectivity index (χ2n) is 7.32. The molecule has 0 aliphatic heterocycles. The van der Waals surface area contributed by atoms with Crippen LogP contribution in [0.15, 0.2) is 35.2 Å². The van der Waals surface area contributed by atoms with E-state index < -0.39 is 27.8 Å². The number of pyridine rings is 1. The molecule has 0 fully saturated rings. The van der Waals surface area contributed by atoms with Gasteiger partial charge in [0, 0.05) is 5.39 Å². The zero-order valence-corrected chi connectivity index (χ0v) is 17.7. The minimum absolute atomic E-state index is 0.0557. The fourth-order valence-corrected chi connectivity index (χ4v) is 3.17. The zero-order valence-electron chi connectivity index (χ0n) is 16.8. The summed E-state index contributed by atoms with van der Waals surface area (Å²) in [5, 5.41) is 5.51. The van der Waals surface area contributed by atoms with E-state index in [2.05, 4.69) is 4.98 Å². The molecular weight excluding hydrogens is 398 g/mol. The standard InChI is InChI=1S/C19H25N3O6S/c1-5-6-12-27-17(23)22(18(24)28-19(2,3)4)16-11-10-13-14(21-16)8-7-9-15(13)29(20,25)26/h7-11H,5-6,12H2,1-4H3,(H2,20,25,26). The number of rotatable bonds is 5. The maximum absolute atomic E-state index is 12.6. The number of nitrogens with zero attached hydrogens (tertiary/aromatic N) is 2. The van der Waals surface area contributed by atoms with Gasteiger partial charge >= 0.3 is 12.2 Å². The van der Waals surface area contributed by atoms with Crippen LogP contribution in [-0.2, 0) is 19.5 Å². The molecule has 1 heterocycles. The molecule has 2 aromatic rings. The van der Waals surface area contributed by atoms with Crippen LogP contribution >= 0.6 is 0 Å². The van der Waals surface area contributed by atoms with Gasteiger partial charge in [0.1, 0.15) is 11.4 Å². The number of nitrogens with two attached hydrogens (primary N) is 1. The third-order valence-corrected chi connectivity index (χ3v) is 4.66. The Morgan fingerprint density at radius 1 is 1.14 bits per heavy atom. The highest BCUT2D eigenvalue weighted by atomic mass is 32.2. The first-order chi connectivity index (χ1) is 13.4. The molecule has 2 rings (SSSR count). The number of hydrogen-bond donors (Lipinski definition) is 1. The SMILES string of the molecule is CCCCOC(=O)N(C(=O)OC(C)(C)C)c1ccc2c(S(N)(=O)=O)cccc2n1. The molecule has 0 radical (unpaired) electrons. The number of primary sulfonamides is 1. The van der Waals surface area contributed by atoms with Gasteiger partial charge in [0.25, 0.3) is 0 Å². The zero-order chi connectivity index (χ0) is 21.8. The molecule has 2 amide bonds. The highest BCUT2D eigenvalue weighted by molar-refractivity contribution is 7.89. The van der Waals surface area contributed by atoms with Gasteiger partial charge in [-0.1, -0.05) is 19.4 Å². The van der Waals surface area contributed by atoms with E-state index in [1.807, 2.05) is 6.92 Å². The van der Waals surface area contributed by atoms with Gasteiger partial charge in [0.15, 0.2) is 0 Å². The van der Waals surface area contributed by atoms with Crippen LogP contribution in [0.1, 0.15) is 40.5 Å². The van der Waals surface area contributed by atoms with Crippen molar-refractivity contribution in [3.8, 4) is 0 Å². The largest absolute Gasteiger partial charge is 0.449 e. The van der Waals surface area contributed by atoms with Crippen molar-refractivity contribution in [1.29, 1.82) is 0 Å². The van der Waals surface area contributed by atoms with Crippen LogP contribution in [0.25, 0.3) is 10.9 Å². The van der Waals surface area contributed by atoms with Gasteiger partial charge in [-0.3, -0.25) is 0 Å². The molecule has 1 aromatic heterocycles. The molecular formula is C19H25N3O6S. The van der Waals surface area contributed by atoms with E-state index in [-0.39, 0.29) is 28.2 Å². The summed E-state index contributed by atoms with van der Waals surface area (Å²) < 4.78 is 34.0. The molecule has 0 spiro atoms. The van der Waals surface area contributed by atoms with E-state index >= 15 is 0 Å². The molecule has 0 bridgehead atoms. The maximum atomic E-state index is 12.6. The normalized spacial score (nSPS) is 11.9. The lowest BCUT2D eigenvalue weighted by molar-refractivity contribution is 0.0566. The Bertz CT molecular complexity index is 1010. The molecule has 2 N–H and O–H groups in total. The van der Waals surface area contributed by atoms with E-state index in [4.69, 9.17) is 14.6 Å². The van der Waals surface area contributed by atoms with Gasteiger partial charge in [0.05, 0.1) is 17.0 Å². The van der Waals surface area contributed by atoms with Gasteiger partial charge in [-0.2, -0.15) is 4.90 Å². The number of imide groups is 1. The Morgan fingerprint density at radius 2 is 1.83 bits per heavy atom. The van der Waals surface area contributed by atoms with Crippen LogP contribution in [0.2, 0.25) is 0 Å². The Kier molecular flexibility index (Phi) is 6.81. The molecule has 158 valence electrons. The molecule has 9 nitrogen and oxygen atoms in total. The molecule has 0 aliphatic rings. The summed E-state index contributed by atoms with van der Waals surface area (Å²) in [6.45, 7) is 7.07. The number of sulfonamides is 1. The fourth-order valence-electron chi connectivity index (χ4n) is 2.43. The maximum Gasteiger partial charge on any atom is 0.425 e. The predicted octanol–water partition coefficient (Wildman–Crippen LogP) is 3.56. The average molecular weight is 423 g/mol. The highest BCUT2D eigenvalue weighted by Crippen LogP contribution is 2.25. The number of anilines is 1. The summed E-state index contributed by atoms with van der Waals surface area (Å²) >= 11 is 0. The van der Waals surface area contributed by atoms with Crippen molar-refractivity contribution in [2.24, 2.45) is 5.14 Å². The van der Waals surface area contributed by atoms with E-state index in [0.717, 1.165) is 6.42 Å². The van der Waals surface area contributed by atoms with Crippen LogP contribution in [-0.4, -0.2) is 37.8 Å². The minimum atomic E-state index is -3.97. The van der Waals surface area contributed by atoms with Crippen LogP contribution in [0.4, 0.5) is 15.4 Å². The number of aromatic nitrogens is 1. The van der Waals surface area contributed by atoms with Crippen LogP contribution in [0, 0.1) is 0 Å². The number of amides is 2. The van der Waals surface area contributed by atoms with Crippen molar-refractivity contribution < 1.29 is 27.5 Å². The predicted molar refractivity (Wildman–Crippen MR) is 108 cm³/mol. The Hall–Kier alpha value is -2.72. The quantitative estimate of drug-likeness (QED) is 0.728. The van der Waals surface area contributed by atoms with E-state index in [0.29, 0.717) is 11.3 Å². The van der Waals surface area contributed by atoms with Crippen molar-refractivity contribution >= 4 is 38.9 Å². The van der Waals surface area contributed by atoms with Gasteiger partial charge in [0.2, 0.25) is 10.0 Å². The number of ether oxygens (including phenoxy) is 2. The molecule has 0 saturated heterocycles. The number of benzene rings is 1. The summed E-state index contributed by atoms with van der Waals surface area (Å²) in [4.78, 5) is 30.0. The number of carbonyl (C=O) groups excluding carboxylic acids is 2. The van der Waals surface area contributed by atoms with E-state index in [1.165, 1.54) is 24.3 Å². The number of carbonyl (C=O) groups is 2. The smallest absolute Gasteiger partial charge is 0.425 e. The first-order valence-electron chi connectivity index (χ1n) is 9.06. The summed E-state index contributed by atoms with van der Waals surface area (Å²) in [5.74, 6) is -0.0557.